The number of furan rings is 1. The predicted octanol–water partition coefficient (Wildman–Crippen LogP) is 2.56. The van der Waals surface area contributed by atoms with Crippen molar-refractivity contribution >= 4 is 17.5 Å². The molecule has 0 saturated carbocycles. The van der Waals surface area contributed by atoms with Gasteiger partial charge in [-0.2, -0.15) is 0 Å². The Morgan fingerprint density at radius 1 is 1.14 bits per heavy atom. The molecule has 7 nitrogen and oxygen atoms in total. The normalized spacial score (nSPS) is 14.5. The number of carbonyl (C=O) groups is 1. The highest BCUT2D eigenvalue weighted by molar-refractivity contribution is 6.30. The molecule has 3 aromatic rings. The molecule has 1 amide bonds. The molecular formula is C20H22ClN5O2. The third-order valence-electron chi connectivity index (χ3n) is 4.93. The highest BCUT2D eigenvalue weighted by atomic mass is 35.5. The van der Waals surface area contributed by atoms with Gasteiger partial charge in [0.05, 0.1) is 11.8 Å². The summed E-state index contributed by atoms with van der Waals surface area (Å²) in [5, 5.41) is 12.3. The van der Waals surface area contributed by atoms with Crippen LogP contribution in [0.25, 0.3) is 0 Å². The summed E-state index contributed by atoms with van der Waals surface area (Å²) in [6, 6.07) is 9.65. The van der Waals surface area contributed by atoms with Gasteiger partial charge in [-0.1, -0.05) is 23.7 Å². The summed E-state index contributed by atoms with van der Waals surface area (Å²) in [5.74, 6) is 1.78. The van der Waals surface area contributed by atoms with Gasteiger partial charge in [0.25, 0.3) is 5.91 Å². The Morgan fingerprint density at radius 3 is 2.79 bits per heavy atom. The second-order valence-corrected chi connectivity index (χ2v) is 7.29. The average molecular weight is 400 g/mol. The molecule has 2 aromatic heterocycles. The molecule has 1 aromatic carbocycles. The van der Waals surface area contributed by atoms with E-state index in [9.17, 15) is 4.79 Å². The van der Waals surface area contributed by atoms with Gasteiger partial charge < -0.3 is 14.3 Å². The number of amides is 1. The van der Waals surface area contributed by atoms with Crippen molar-refractivity contribution < 1.29 is 9.21 Å². The third kappa shape index (κ3) is 4.43. The van der Waals surface area contributed by atoms with E-state index in [1.807, 2.05) is 12.1 Å². The van der Waals surface area contributed by atoms with Crippen LogP contribution < -0.4 is 5.32 Å². The van der Waals surface area contributed by atoms with E-state index in [4.69, 9.17) is 16.0 Å². The molecule has 1 aliphatic rings. The van der Waals surface area contributed by atoms with Gasteiger partial charge in [-0.3, -0.25) is 9.69 Å². The maximum absolute atomic E-state index is 12.0. The minimum Gasteiger partial charge on any atom is -0.472 e. The second kappa shape index (κ2) is 8.58. The van der Waals surface area contributed by atoms with Crippen molar-refractivity contribution in [2.45, 2.75) is 25.9 Å². The van der Waals surface area contributed by atoms with Crippen LogP contribution >= 0.6 is 11.6 Å². The number of fused-ring (bicyclic) bond motifs is 1. The lowest BCUT2D eigenvalue weighted by Crippen LogP contribution is -2.28. The standard InChI is InChI=1S/C20H22ClN5O2/c21-17-3-1-15(2-4-17)13-25-9-6-19-24-23-18(26(19)11-10-25)5-8-22-20(27)16-7-12-28-14-16/h1-4,7,12,14H,5-6,8-11,13H2,(H,22,27). The second-order valence-electron chi connectivity index (χ2n) is 6.85. The van der Waals surface area contributed by atoms with E-state index in [0.29, 0.717) is 18.5 Å². The molecule has 0 radical (unpaired) electrons. The molecule has 4 rings (SSSR count). The van der Waals surface area contributed by atoms with Gasteiger partial charge in [0, 0.05) is 50.6 Å². The van der Waals surface area contributed by atoms with Crippen LogP contribution in [-0.4, -0.2) is 45.2 Å². The van der Waals surface area contributed by atoms with Crippen LogP contribution in [0.15, 0.2) is 47.3 Å². The number of hydrogen-bond acceptors (Lipinski definition) is 5. The van der Waals surface area contributed by atoms with Crippen LogP contribution in [-0.2, 0) is 25.9 Å². The quantitative estimate of drug-likeness (QED) is 0.689. The molecule has 0 bridgehead atoms. The van der Waals surface area contributed by atoms with Crippen molar-refractivity contribution in [2.75, 3.05) is 19.6 Å². The Balaban J connectivity index is 1.32. The van der Waals surface area contributed by atoms with Crippen LogP contribution in [0.3, 0.4) is 0 Å². The summed E-state index contributed by atoms with van der Waals surface area (Å²) in [5.41, 5.74) is 1.78. The minimum atomic E-state index is -0.140. The number of nitrogens with one attached hydrogen (secondary N) is 1. The van der Waals surface area contributed by atoms with Gasteiger partial charge in [-0.15, -0.1) is 10.2 Å². The van der Waals surface area contributed by atoms with Crippen molar-refractivity contribution in [2.24, 2.45) is 0 Å². The molecule has 146 valence electrons. The maximum Gasteiger partial charge on any atom is 0.254 e. The molecule has 3 heterocycles. The van der Waals surface area contributed by atoms with Crippen LogP contribution in [0.2, 0.25) is 5.02 Å². The largest absolute Gasteiger partial charge is 0.472 e. The van der Waals surface area contributed by atoms with E-state index >= 15 is 0 Å². The first-order valence-electron chi connectivity index (χ1n) is 9.37. The van der Waals surface area contributed by atoms with Crippen molar-refractivity contribution in [1.82, 2.24) is 25.0 Å². The number of rotatable bonds is 6. The first kappa shape index (κ1) is 18.7. The lowest BCUT2D eigenvalue weighted by Gasteiger charge is -2.19. The fourth-order valence-corrected chi connectivity index (χ4v) is 3.53. The molecule has 1 N–H and O–H groups in total. The van der Waals surface area contributed by atoms with Gasteiger partial charge in [0.1, 0.15) is 17.9 Å². The van der Waals surface area contributed by atoms with E-state index in [-0.39, 0.29) is 5.91 Å². The Morgan fingerprint density at radius 2 is 2.00 bits per heavy atom. The van der Waals surface area contributed by atoms with Crippen molar-refractivity contribution in [3.63, 3.8) is 0 Å². The monoisotopic (exact) mass is 399 g/mol. The molecule has 0 aliphatic carbocycles. The average Bonchev–Trinajstić information content (AvgIpc) is 3.32. The van der Waals surface area contributed by atoms with Crippen molar-refractivity contribution in [3.8, 4) is 0 Å². The number of nitrogens with zero attached hydrogens (tertiary/aromatic N) is 4. The lowest BCUT2D eigenvalue weighted by molar-refractivity contribution is 0.0953. The zero-order valence-electron chi connectivity index (χ0n) is 15.5. The number of aromatic nitrogens is 3. The Labute approximate surface area is 168 Å². The predicted molar refractivity (Wildman–Crippen MR) is 105 cm³/mol. The molecule has 28 heavy (non-hydrogen) atoms. The van der Waals surface area contributed by atoms with E-state index in [0.717, 1.165) is 49.3 Å². The van der Waals surface area contributed by atoms with Gasteiger partial charge >= 0.3 is 0 Å². The van der Waals surface area contributed by atoms with E-state index in [2.05, 4.69) is 37.1 Å². The van der Waals surface area contributed by atoms with Gasteiger partial charge in [-0.25, -0.2) is 0 Å². The molecule has 8 heteroatoms. The molecule has 0 fully saturated rings. The number of carbonyl (C=O) groups excluding carboxylic acids is 1. The van der Waals surface area contributed by atoms with E-state index < -0.39 is 0 Å². The zero-order valence-corrected chi connectivity index (χ0v) is 16.2. The summed E-state index contributed by atoms with van der Waals surface area (Å²) < 4.78 is 7.12. The van der Waals surface area contributed by atoms with E-state index in [1.54, 1.807) is 6.07 Å². The Bertz CT molecular complexity index is 921. The Hall–Kier alpha value is -2.64. The number of halogens is 1. The van der Waals surface area contributed by atoms with Crippen molar-refractivity contribution in [1.29, 1.82) is 0 Å². The highest BCUT2D eigenvalue weighted by Crippen LogP contribution is 2.15. The van der Waals surface area contributed by atoms with Gasteiger partial charge in [0.2, 0.25) is 0 Å². The molecule has 0 spiro atoms. The van der Waals surface area contributed by atoms with Gasteiger partial charge in [-0.05, 0) is 23.8 Å². The summed E-state index contributed by atoms with van der Waals surface area (Å²) in [6.07, 6.45) is 4.44. The Kier molecular flexibility index (Phi) is 5.73. The highest BCUT2D eigenvalue weighted by Gasteiger charge is 2.19. The number of benzene rings is 1. The maximum atomic E-state index is 12.0. The summed E-state index contributed by atoms with van der Waals surface area (Å²) in [6.45, 7) is 4.13. The summed E-state index contributed by atoms with van der Waals surface area (Å²) in [7, 11) is 0. The third-order valence-corrected chi connectivity index (χ3v) is 5.18. The smallest absolute Gasteiger partial charge is 0.254 e. The summed E-state index contributed by atoms with van der Waals surface area (Å²) >= 11 is 5.97. The van der Waals surface area contributed by atoms with Crippen LogP contribution in [0.5, 0.6) is 0 Å². The van der Waals surface area contributed by atoms with Crippen molar-refractivity contribution in [3.05, 3.63) is 70.7 Å². The SMILES string of the molecule is O=C(NCCc1nnc2n1CCN(Cc1ccc(Cl)cc1)CC2)c1ccoc1. The van der Waals surface area contributed by atoms with Crippen LogP contribution in [0.1, 0.15) is 27.6 Å². The molecular weight excluding hydrogens is 378 g/mol. The van der Waals surface area contributed by atoms with Gasteiger partial charge in [0.15, 0.2) is 0 Å². The molecule has 1 aliphatic heterocycles. The first-order valence-corrected chi connectivity index (χ1v) is 9.75. The molecule has 0 saturated heterocycles. The number of hydrogen-bond donors (Lipinski definition) is 1. The topological polar surface area (TPSA) is 76.2 Å². The fourth-order valence-electron chi connectivity index (χ4n) is 3.40. The minimum absolute atomic E-state index is 0.140. The van der Waals surface area contributed by atoms with E-state index in [1.165, 1.54) is 18.1 Å². The zero-order chi connectivity index (χ0) is 19.3. The fraction of sp³-hybridized carbons (Fsp3) is 0.350. The lowest BCUT2D eigenvalue weighted by atomic mass is 10.2. The van der Waals surface area contributed by atoms with Crippen LogP contribution in [0.4, 0.5) is 0 Å². The first-order chi connectivity index (χ1) is 13.7. The van der Waals surface area contributed by atoms with Crippen LogP contribution in [0, 0.1) is 0 Å². The molecule has 0 atom stereocenters. The summed E-state index contributed by atoms with van der Waals surface area (Å²) in [4.78, 5) is 14.4. The molecule has 0 unspecified atom stereocenters.